The van der Waals surface area contributed by atoms with E-state index < -0.39 is 4.92 Å². The van der Waals surface area contributed by atoms with E-state index in [1.807, 2.05) is 19.1 Å². The molecule has 1 aromatic heterocycles. The summed E-state index contributed by atoms with van der Waals surface area (Å²) in [5.41, 5.74) is 1.04. The van der Waals surface area contributed by atoms with Gasteiger partial charge in [-0.3, -0.25) is 15.1 Å². The van der Waals surface area contributed by atoms with Crippen molar-refractivity contribution in [1.29, 1.82) is 0 Å². The maximum atomic E-state index is 10.5. The van der Waals surface area contributed by atoms with Gasteiger partial charge >= 0.3 is 0 Å². The van der Waals surface area contributed by atoms with E-state index in [4.69, 9.17) is 4.74 Å². The van der Waals surface area contributed by atoms with Gasteiger partial charge in [-0.25, -0.2) is 0 Å². The minimum absolute atomic E-state index is 0.0433. The minimum atomic E-state index is -0.443. The van der Waals surface area contributed by atoms with Gasteiger partial charge < -0.3 is 4.74 Å². The molecule has 0 aliphatic carbocycles. The first-order valence-electron chi connectivity index (χ1n) is 5.56. The first kappa shape index (κ1) is 12.0. The average Bonchev–Trinajstić information content (AvgIpc) is 2.40. The molecule has 1 aromatic carbocycles. The highest BCUT2D eigenvalue weighted by atomic mass is 16.6. The third-order valence-electron chi connectivity index (χ3n) is 2.44. The molecule has 0 spiro atoms. The van der Waals surface area contributed by atoms with Crippen molar-refractivity contribution in [1.82, 2.24) is 4.98 Å². The third-order valence-corrected chi connectivity index (χ3v) is 2.44. The van der Waals surface area contributed by atoms with Crippen molar-refractivity contribution in [3.05, 3.63) is 58.4 Å². The fourth-order valence-corrected chi connectivity index (χ4v) is 1.45. The molecule has 0 saturated heterocycles. The summed E-state index contributed by atoms with van der Waals surface area (Å²) < 4.78 is 5.53. The van der Waals surface area contributed by atoms with Crippen LogP contribution >= 0.6 is 0 Å². The van der Waals surface area contributed by atoms with Crippen LogP contribution < -0.4 is 4.74 Å². The first-order chi connectivity index (χ1) is 8.69. The summed E-state index contributed by atoms with van der Waals surface area (Å²) in [6, 6.07) is 9.65. The Morgan fingerprint density at radius 1 is 1.17 bits per heavy atom. The first-order valence-corrected chi connectivity index (χ1v) is 5.56. The number of benzene rings is 1. The molecule has 0 radical (unpaired) electrons. The highest BCUT2D eigenvalue weighted by Crippen LogP contribution is 2.23. The summed E-state index contributed by atoms with van der Waals surface area (Å²) in [5, 5.41) is 10.5. The zero-order valence-electron chi connectivity index (χ0n) is 9.87. The Labute approximate surface area is 104 Å². The SMILES string of the molecule is CCc1ccc(Oc2ccc([N+](=O)[O-])cc2)cn1. The molecular weight excluding hydrogens is 232 g/mol. The van der Waals surface area contributed by atoms with Crippen LogP contribution in [0.5, 0.6) is 11.5 Å². The molecule has 0 atom stereocenters. The molecule has 5 heteroatoms. The lowest BCUT2D eigenvalue weighted by Gasteiger charge is -2.05. The van der Waals surface area contributed by atoms with Crippen LogP contribution in [0.1, 0.15) is 12.6 Å². The van der Waals surface area contributed by atoms with Crippen LogP contribution in [0.4, 0.5) is 5.69 Å². The van der Waals surface area contributed by atoms with Gasteiger partial charge in [0.25, 0.3) is 5.69 Å². The molecule has 0 N–H and O–H groups in total. The van der Waals surface area contributed by atoms with Crippen molar-refractivity contribution in [2.75, 3.05) is 0 Å². The van der Waals surface area contributed by atoms with Crippen LogP contribution in [0, 0.1) is 10.1 Å². The largest absolute Gasteiger partial charge is 0.456 e. The predicted octanol–water partition coefficient (Wildman–Crippen LogP) is 3.34. The van der Waals surface area contributed by atoms with Gasteiger partial charge in [0.2, 0.25) is 0 Å². The Balaban J connectivity index is 2.10. The summed E-state index contributed by atoms with van der Waals surface area (Å²) in [4.78, 5) is 14.3. The molecule has 0 saturated carbocycles. The second kappa shape index (κ2) is 5.27. The quantitative estimate of drug-likeness (QED) is 0.611. The van der Waals surface area contributed by atoms with Crippen molar-refractivity contribution in [2.45, 2.75) is 13.3 Å². The minimum Gasteiger partial charge on any atom is -0.456 e. The van der Waals surface area contributed by atoms with E-state index in [9.17, 15) is 10.1 Å². The van der Waals surface area contributed by atoms with E-state index in [-0.39, 0.29) is 5.69 Å². The molecule has 5 nitrogen and oxygen atoms in total. The van der Waals surface area contributed by atoms with E-state index in [0.717, 1.165) is 12.1 Å². The maximum Gasteiger partial charge on any atom is 0.269 e. The van der Waals surface area contributed by atoms with Gasteiger partial charge in [0, 0.05) is 17.8 Å². The number of nitro benzene ring substituents is 1. The smallest absolute Gasteiger partial charge is 0.269 e. The van der Waals surface area contributed by atoms with E-state index in [2.05, 4.69) is 4.98 Å². The number of nitrogens with zero attached hydrogens (tertiary/aromatic N) is 2. The second-order valence-corrected chi connectivity index (χ2v) is 3.69. The van der Waals surface area contributed by atoms with Crippen LogP contribution in [0.3, 0.4) is 0 Å². The Morgan fingerprint density at radius 3 is 2.33 bits per heavy atom. The van der Waals surface area contributed by atoms with E-state index in [1.54, 1.807) is 18.3 Å². The van der Waals surface area contributed by atoms with Crippen LogP contribution in [-0.2, 0) is 6.42 Å². The molecule has 18 heavy (non-hydrogen) atoms. The Hall–Kier alpha value is -2.43. The fourth-order valence-electron chi connectivity index (χ4n) is 1.45. The van der Waals surface area contributed by atoms with Crippen LogP contribution in [-0.4, -0.2) is 9.91 Å². The van der Waals surface area contributed by atoms with Crippen molar-refractivity contribution in [3.63, 3.8) is 0 Å². The summed E-state index contributed by atoms with van der Waals surface area (Å²) in [7, 11) is 0. The molecule has 0 unspecified atom stereocenters. The number of rotatable bonds is 4. The maximum absolute atomic E-state index is 10.5. The van der Waals surface area contributed by atoms with Crippen LogP contribution in [0.25, 0.3) is 0 Å². The zero-order valence-corrected chi connectivity index (χ0v) is 9.87. The van der Waals surface area contributed by atoms with Gasteiger partial charge in [-0.1, -0.05) is 6.92 Å². The number of hydrogen-bond donors (Lipinski definition) is 0. The molecule has 92 valence electrons. The number of aromatic nitrogens is 1. The van der Waals surface area contributed by atoms with Crippen LogP contribution in [0.15, 0.2) is 42.6 Å². The third kappa shape index (κ3) is 2.82. The number of hydrogen-bond acceptors (Lipinski definition) is 4. The monoisotopic (exact) mass is 244 g/mol. The van der Waals surface area contributed by atoms with E-state index >= 15 is 0 Å². The van der Waals surface area contributed by atoms with Gasteiger partial charge in [-0.2, -0.15) is 0 Å². The van der Waals surface area contributed by atoms with Crippen LogP contribution in [0.2, 0.25) is 0 Å². The topological polar surface area (TPSA) is 65.3 Å². The Bertz CT molecular complexity index is 535. The fraction of sp³-hybridized carbons (Fsp3) is 0.154. The molecule has 0 amide bonds. The van der Waals surface area contributed by atoms with Crippen molar-refractivity contribution in [2.24, 2.45) is 0 Å². The second-order valence-electron chi connectivity index (χ2n) is 3.69. The molecule has 2 rings (SSSR count). The normalized spacial score (nSPS) is 10.1. The summed E-state index contributed by atoms with van der Waals surface area (Å²) in [6.45, 7) is 2.03. The standard InChI is InChI=1S/C13H12N2O3/c1-2-10-3-6-13(9-14-10)18-12-7-4-11(5-8-12)15(16)17/h3-9H,2H2,1H3. The highest BCUT2D eigenvalue weighted by molar-refractivity contribution is 5.38. The van der Waals surface area contributed by atoms with Gasteiger partial charge in [0.15, 0.2) is 0 Å². The molecule has 0 bridgehead atoms. The molecule has 2 aromatic rings. The molecule has 1 heterocycles. The molecule has 0 aliphatic rings. The highest BCUT2D eigenvalue weighted by Gasteiger charge is 2.05. The molecule has 0 fully saturated rings. The van der Waals surface area contributed by atoms with E-state index in [1.165, 1.54) is 12.1 Å². The van der Waals surface area contributed by atoms with Crippen molar-refractivity contribution in [3.8, 4) is 11.5 Å². The van der Waals surface area contributed by atoms with Gasteiger partial charge in [0.1, 0.15) is 11.5 Å². The number of non-ortho nitro benzene ring substituents is 1. The Kier molecular flexibility index (Phi) is 3.52. The van der Waals surface area contributed by atoms with Gasteiger partial charge in [-0.05, 0) is 30.7 Å². The number of ether oxygens (including phenoxy) is 1. The predicted molar refractivity (Wildman–Crippen MR) is 66.8 cm³/mol. The van der Waals surface area contributed by atoms with Crippen molar-refractivity contribution >= 4 is 5.69 Å². The number of nitro groups is 1. The molecule has 0 aliphatic heterocycles. The summed E-state index contributed by atoms with van der Waals surface area (Å²) in [5.74, 6) is 1.16. The molecular formula is C13H12N2O3. The lowest BCUT2D eigenvalue weighted by molar-refractivity contribution is -0.384. The van der Waals surface area contributed by atoms with Crippen molar-refractivity contribution < 1.29 is 9.66 Å². The number of pyridine rings is 1. The summed E-state index contributed by atoms with van der Waals surface area (Å²) >= 11 is 0. The number of aryl methyl sites for hydroxylation is 1. The van der Waals surface area contributed by atoms with Gasteiger partial charge in [0.05, 0.1) is 11.1 Å². The Morgan fingerprint density at radius 2 is 1.83 bits per heavy atom. The van der Waals surface area contributed by atoms with E-state index in [0.29, 0.717) is 11.5 Å². The average molecular weight is 244 g/mol. The lowest BCUT2D eigenvalue weighted by Crippen LogP contribution is -1.90. The van der Waals surface area contributed by atoms with Gasteiger partial charge in [-0.15, -0.1) is 0 Å². The summed E-state index contributed by atoms with van der Waals surface area (Å²) in [6.07, 6.45) is 2.51. The zero-order chi connectivity index (χ0) is 13.0. The lowest BCUT2D eigenvalue weighted by atomic mass is 10.3.